The molecule has 0 bridgehead atoms. The summed E-state index contributed by atoms with van der Waals surface area (Å²) in [6, 6.07) is 8.77. The normalized spacial score (nSPS) is 8.89. The predicted octanol–water partition coefficient (Wildman–Crippen LogP) is 2.03. The quantitative estimate of drug-likeness (QED) is 0.909. The fourth-order valence-electron chi connectivity index (χ4n) is 1.33. The molecule has 7 heteroatoms. The molecule has 102 valence electrons. The summed E-state index contributed by atoms with van der Waals surface area (Å²) in [5, 5.41) is 2.60. The van der Waals surface area contributed by atoms with E-state index in [4.69, 9.17) is 5.73 Å². The summed E-state index contributed by atoms with van der Waals surface area (Å²) in [6.07, 6.45) is 3.14. The Bertz CT molecular complexity index is 505. The van der Waals surface area contributed by atoms with Crippen LogP contribution in [-0.2, 0) is 6.54 Å². The number of carbonyl (C=O) groups is 1. The van der Waals surface area contributed by atoms with E-state index < -0.39 is 0 Å². The molecule has 0 radical (unpaired) electrons. The van der Waals surface area contributed by atoms with E-state index in [2.05, 4.69) is 15.3 Å². The van der Waals surface area contributed by atoms with Gasteiger partial charge in [0.25, 0.3) is 5.91 Å². The fourth-order valence-corrected chi connectivity index (χ4v) is 1.33. The molecule has 19 heavy (non-hydrogen) atoms. The van der Waals surface area contributed by atoms with E-state index in [0.717, 1.165) is 5.56 Å². The molecule has 1 heterocycles. The molecule has 5 nitrogen and oxygen atoms in total. The third-order valence-electron chi connectivity index (χ3n) is 2.24. The van der Waals surface area contributed by atoms with Crippen molar-refractivity contribution in [3.8, 4) is 0 Å². The zero-order valence-corrected chi connectivity index (χ0v) is 11.6. The molecule has 2 aromatic rings. The molecule has 1 aromatic heterocycles. The molecule has 0 atom stereocenters. The van der Waals surface area contributed by atoms with Crippen molar-refractivity contribution in [3.05, 3.63) is 53.9 Å². The molecule has 0 unspecified atom stereocenters. The van der Waals surface area contributed by atoms with Crippen LogP contribution < -0.4 is 11.1 Å². The highest BCUT2D eigenvalue weighted by molar-refractivity contribution is 6.03. The standard InChI is InChI=1S/C12H12N4O.2ClH/c13-8-9-2-4-10(5-3-9)11(17)16-12-14-6-1-7-15-12;;/h1-7H,8,13H2,(H,14,15,16,17);2*1H. The molecular weight excluding hydrogens is 287 g/mol. The van der Waals surface area contributed by atoms with Crippen molar-refractivity contribution in [2.45, 2.75) is 6.54 Å². The van der Waals surface area contributed by atoms with Crippen LogP contribution in [0.1, 0.15) is 15.9 Å². The lowest BCUT2D eigenvalue weighted by Gasteiger charge is -2.03. The zero-order chi connectivity index (χ0) is 12.1. The summed E-state index contributed by atoms with van der Waals surface area (Å²) in [6.45, 7) is 0.462. The highest BCUT2D eigenvalue weighted by atomic mass is 35.5. The first kappa shape index (κ1) is 17.3. The van der Waals surface area contributed by atoms with Gasteiger partial charge in [-0.05, 0) is 23.8 Å². The lowest BCUT2D eigenvalue weighted by atomic mass is 10.1. The van der Waals surface area contributed by atoms with Gasteiger partial charge in [0.1, 0.15) is 0 Å². The largest absolute Gasteiger partial charge is 0.326 e. The number of aromatic nitrogens is 2. The third kappa shape index (κ3) is 4.82. The van der Waals surface area contributed by atoms with Gasteiger partial charge in [-0.25, -0.2) is 9.97 Å². The minimum Gasteiger partial charge on any atom is -0.326 e. The van der Waals surface area contributed by atoms with Crippen LogP contribution >= 0.6 is 24.8 Å². The number of hydrogen-bond donors (Lipinski definition) is 2. The van der Waals surface area contributed by atoms with Crippen LogP contribution in [0.3, 0.4) is 0 Å². The van der Waals surface area contributed by atoms with Gasteiger partial charge in [-0.15, -0.1) is 24.8 Å². The molecule has 0 aliphatic rings. The SMILES string of the molecule is Cl.Cl.NCc1ccc(C(=O)Nc2ncccn2)cc1. The van der Waals surface area contributed by atoms with E-state index in [1.54, 1.807) is 30.6 Å². The van der Waals surface area contributed by atoms with E-state index in [1.807, 2.05) is 12.1 Å². The first-order chi connectivity index (χ1) is 8.29. The number of hydrogen-bond acceptors (Lipinski definition) is 4. The molecule has 0 spiro atoms. The number of rotatable bonds is 3. The number of amides is 1. The summed E-state index contributed by atoms with van der Waals surface area (Å²) in [5.74, 6) is 0.0557. The number of anilines is 1. The summed E-state index contributed by atoms with van der Waals surface area (Å²) >= 11 is 0. The topological polar surface area (TPSA) is 80.9 Å². The summed E-state index contributed by atoms with van der Waals surface area (Å²) < 4.78 is 0. The number of nitrogens with zero attached hydrogens (tertiary/aromatic N) is 2. The maximum Gasteiger partial charge on any atom is 0.258 e. The Morgan fingerprint density at radius 1 is 1.11 bits per heavy atom. The Hall–Kier alpha value is -1.69. The second-order valence-corrected chi connectivity index (χ2v) is 3.43. The zero-order valence-electron chi connectivity index (χ0n) is 9.95. The van der Waals surface area contributed by atoms with Gasteiger partial charge in [0.15, 0.2) is 0 Å². The molecular formula is C12H14Cl2N4O. The first-order valence-corrected chi connectivity index (χ1v) is 5.17. The molecule has 3 N–H and O–H groups in total. The molecule has 0 aliphatic heterocycles. The van der Waals surface area contributed by atoms with Crippen molar-refractivity contribution in [1.29, 1.82) is 0 Å². The number of carbonyl (C=O) groups excluding carboxylic acids is 1. The van der Waals surface area contributed by atoms with E-state index in [1.165, 1.54) is 0 Å². The number of nitrogens with two attached hydrogens (primary N) is 1. The molecule has 0 fully saturated rings. The van der Waals surface area contributed by atoms with Gasteiger partial charge in [0.05, 0.1) is 0 Å². The summed E-state index contributed by atoms with van der Waals surface area (Å²) in [4.78, 5) is 19.6. The average Bonchev–Trinajstić information content (AvgIpc) is 2.40. The molecule has 1 amide bonds. The van der Waals surface area contributed by atoms with E-state index in [9.17, 15) is 4.79 Å². The third-order valence-corrected chi connectivity index (χ3v) is 2.24. The van der Waals surface area contributed by atoms with Crippen LogP contribution in [-0.4, -0.2) is 15.9 Å². The summed E-state index contributed by atoms with van der Waals surface area (Å²) in [7, 11) is 0. The maximum absolute atomic E-state index is 11.8. The van der Waals surface area contributed by atoms with Crippen molar-refractivity contribution < 1.29 is 4.79 Å². The van der Waals surface area contributed by atoms with Gasteiger partial charge in [0, 0.05) is 24.5 Å². The van der Waals surface area contributed by atoms with Crippen LogP contribution in [0.5, 0.6) is 0 Å². The number of nitrogens with one attached hydrogen (secondary N) is 1. The van der Waals surface area contributed by atoms with Crippen LogP contribution in [0.25, 0.3) is 0 Å². The molecule has 1 aromatic carbocycles. The lowest BCUT2D eigenvalue weighted by molar-refractivity contribution is 0.102. The number of benzene rings is 1. The second-order valence-electron chi connectivity index (χ2n) is 3.43. The monoisotopic (exact) mass is 300 g/mol. The van der Waals surface area contributed by atoms with Crippen molar-refractivity contribution in [2.24, 2.45) is 5.73 Å². The van der Waals surface area contributed by atoms with E-state index >= 15 is 0 Å². The molecule has 0 saturated carbocycles. The van der Waals surface area contributed by atoms with Crippen LogP contribution in [0.15, 0.2) is 42.7 Å². The molecule has 2 rings (SSSR count). The first-order valence-electron chi connectivity index (χ1n) is 5.17. The Morgan fingerprint density at radius 3 is 2.21 bits per heavy atom. The molecule has 0 aliphatic carbocycles. The van der Waals surface area contributed by atoms with Gasteiger partial charge in [-0.2, -0.15) is 0 Å². The van der Waals surface area contributed by atoms with Crippen molar-refractivity contribution in [2.75, 3.05) is 5.32 Å². The minimum atomic E-state index is -0.236. The van der Waals surface area contributed by atoms with Gasteiger partial charge in [0.2, 0.25) is 5.95 Å². The van der Waals surface area contributed by atoms with Crippen LogP contribution in [0, 0.1) is 0 Å². The van der Waals surface area contributed by atoms with E-state index in [-0.39, 0.29) is 30.7 Å². The summed E-state index contributed by atoms with van der Waals surface area (Å²) in [5.41, 5.74) is 7.01. The van der Waals surface area contributed by atoms with Crippen LogP contribution in [0.4, 0.5) is 5.95 Å². The van der Waals surface area contributed by atoms with E-state index in [0.29, 0.717) is 18.1 Å². The fraction of sp³-hybridized carbons (Fsp3) is 0.0833. The number of halogens is 2. The van der Waals surface area contributed by atoms with Gasteiger partial charge < -0.3 is 5.73 Å². The van der Waals surface area contributed by atoms with Crippen molar-refractivity contribution in [1.82, 2.24) is 9.97 Å². The Morgan fingerprint density at radius 2 is 1.68 bits per heavy atom. The highest BCUT2D eigenvalue weighted by Gasteiger charge is 2.06. The second kappa shape index (κ2) is 8.42. The van der Waals surface area contributed by atoms with Gasteiger partial charge in [-0.1, -0.05) is 12.1 Å². The van der Waals surface area contributed by atoms with Gasteiger partial charge >= 0.3 is 0 Å². The Balaban J connectivity index is 0.00000162. The predicted molar refractivity (Wildman–Crippen MR) is 78.8 cm³/mol. The minimum absolute atomic E-state index is 0. The smallest absolute Gasteiger partial charge is 0.258 e. The Kier molecular flexibility index (Phi) is 7.67. The van der Waals surface area contributed by atoms with Crippen LogP contribution in [0.2, 0.25) is 0 Å². The molecule has 0 saturated heterocycles. The lowest BCUT2D eigenvalue weighted by Crippen LogP contribution is -2.14. The van der Waals surface area contributed by atoms with Gasteiger partial charge in [-0.3, -0.25) is 10.1 Å². The highest BCUT2D eigenvalue weighted by Crippen LogP contribution is 2.06. The Labute approximate surface area is 123 Å². The maximum atomic E-state index is 11.8. The average molecular weight is 301 g/mol. The van der Waals surface area contributed by atoms with Crippen molar-refractivity contribution >= 4 is 36.7 Å². The van der Waals surface area contributed by atoms with Crippen molar-refractivity contribution in [3.63, 3.8) is 0 Å².